The fraction of sp³-hybridized carbons (Fsp3) is 0.621. The summed E-state index contributed by atoms with van der Waals surface area (Å²) in [7, 11) is 0. The fourth-order valence-corrected chi connectivity index (χ4v) is 6.92. The Morgan fingerprint density at radius 2 is 1.86 bits per heavy atom. The van der Waals surface area contributed by atoms with Crippen molar-refractivity contribution in [3.63, 3.8) is 0 Å². The van der Waals surface area contributed by atoms with E-state index in [-0.39, 0.29) is 5.41 Å². The molecule has 7 nitrogen and oxygen atoms in total. The molecule has 8 heteroatoms. The quantitative estimate of drug-likeness (QED) is 0.393. The molecule has 1 aromatic heterocycles. The molecule has 1 saturated heterocycles. The minimum absolute atomic E-state index is 0.176. The van der Waals surface area contributed by atoms with Gasteiger partial charge in [0.1, 0.15) is 17.5 Å². The van der Waals surface area contributed by atoms with Crippen LogP contribution >= 0.6 is 11.6 Å². The molecule has 0 amide bonds. The van der Waals surface area contributed by atoms with Crippen LogP contribution in [0.3, 0.4) is 0 Å². The van der Waals surface area contributed by atoms with Crippen LogP contribution in [0.25, 0.3) is 0 Å². The molecule has 2 bridgehead atoms. The van der Waals surface area contributed by atoms with Gasteiger partial charge in [0.2, 0.25) is 5.95 Å². The molecular weight excluding hydrogens is 484 g/mol. The molecule has 2 saturated carbocycles. The lowest BCUT2D eigenvalue weighted by molar-refractivity contribution is 0.0277. The van der Waals surface area contributed by atoms with E-state index >= 15 is 0 Å². The number of nitriles is 1. The Hall–Kier alpha value is -2.40. The molecule has 1 unspecified atom stereocenters. The lowest BCUT2D eigenvalue weighted by atomic mass is 9.59. The van der Waals surface area contributed by atoms with Crippen LogP contribution in [-0.4, -0.2) is 42.3 Å². The van der Waals surface area contributed by atoms with Gasteiger partial charge in [-0.05, 0) is 79.9 Å². The van der Waals surface area contributed by atoms with Gasteiger partial charge in [-0.3, -0.25) is 0 Å². The number of benzene rings is 1. The van der Waals surface area contributed by atoms with E-state index in [1.807, 2.05) is 24.3 Å². The van der Waals surface area contributed by atoms with Crippen LogP contribution in [0.2, 0.25) is 5.02 Å². The van der Waals surface area contributed by atoms with Crippen molar-refractivity contribution in [2.75, 3.05) is 36.9 Å². The second-order valence-electron chi connectivity index (χ2n) is 11.5. The Morgan fingerprint density at radius 1 is 1.11 bits per heavy atom. The fourth-order valence-electron chi connectivity index (χ4n) is 6.72. The summed E-state index contributed by atoms with van der Waals surface area (Å²) < 4.78 is 5.55. The zero-order chi connectivity index (χ0) is 25.7. The van der Waals surface area contributed by atoms with Crippen molar-refractivity contribution in [1.82, 2.24) is 15.3 Å². The van der Waals surface area contributed by atoms with Gasteiger partial charge < -0.3 is 20.7 Å². The molecule has 3 fully saturated rings. The number of nitrogens with one attached hydrogen (secondary N) is 3. The lowest BCUT2D eigenvalue weighted by Gasteiger charge is -2.51. The highest BCUT2D eigenvalue weighted by Gasteiger charge is 2.45. The van der Waals surface area contributed by atoms with Gasteiger partial charge in [-0.1, -0.05) is 43.1 Å². The smallest absolute Gasteiger partial charge is 0.224 e. The molecule has 5 rings (SSSR count). The third kappa shape index (κ3) is 6.54. The second kappa shape index (κ2) is 12.0. The number of ether oxygens (including phenoxy) is 1. The second-order valence-corrected chi connectivity index (χ2v) is 11.9. The Labute approximate surface area is 225 Å². The van der Waals surface area contributed by atoms with E-state index in [1.54, 1.807) is 6.20 Å². The van der Waals surface area contributed by atoms with Crippen LogP contribution in [0, 0.1) is 34.5 Å². The molecular formula is C29H39ClN6O. The van der Waals surface area contributed by atoms with Crippen molar-refractivity contribution in [1.29, 1.82) is 5.26 Å². The SMILES string of the molecule is CC1(CNc2nc(NCc3ccccc3Cl)ncc2C#N)C[C@H]2CCC[C@@H](C1)[C@@H]2NCC1CCOCC1. The van der Waals surface area contributed by atoms with Gasteiger partial charge >= 0.3 is 0 Å². The third-order valence-corrected chi connectivity index (χ3v) is 9.01. The summed E-state index contributed by atoms with van der Waals surface area (Å²) >= 11 is 6.28. The van der Waals surface area contributed by atoms with Gasteiger partial charge in [-0.2, -0.15) is 10.2 Å². The van der Waals surface area contributed by atoms with E-state index in [4.69, 9.17) is 16.3 Å². The Morgan fingerprint density at radius 3 is 2.59 bits per heavy atom. The van der Waals surface area contributed by atoms with E-state index in [2.05, 4.69) is 38.9 Å². The van der Waals surface area contributed by atoms with Gasteiger partial charge in [-0.25, -0.2) is 4.98 Å². The summed E-state index contributed by atoms with van der Waals surface area (Å²) in [5.41, 5.74) is 1.63. The monoisotopic (exact) mass is 522 g/mol. The first-order valence-corrected chi connectivity index (χ1v) is 14.2. The van der Waals surface area contributed by atoms with Crippen LogP contribution in [0.4, 0.5) is 11.8 Å². The number of nitrogens with zero attached hydrogens (tertiary/aromatic N) is 3. The average Bonchev–Trinajstić information content (AvgIpc) is 2.91. The molecule has 4 atom stereocenters. The van der Waals surface area contributed by atoms with Crippen molar-refractivity contribution < 1.29 is 4.74 Å². The molecule has 37 heavy (non-hydrogen) atoms. The Bertz CT molecular complexity index is 1080. The minimum Gasteiger partial charge on any atom is -0.381 e. The molecule has 0 spiro atoms. The van der Waals surface area contributed by atoms with Gasteiger partial charge in [0.25, 0.3) is 0 Å². The summed E-state index contributed by atoms with van der Waals surface area (Å²) in [5.74, 6) is 3.28. The molecule has 0 radical (unpaired) electrons. The van der Waals surface area contributed by atoms with Crippen LogP contribution < -0.4 is 16.0 Å². The maximum Gasteiger partial charge on any atom is 0.224 e. The van der Waals surface area contributed by atoms with Crippen LogP contribution in [0.5, 0.6) is 0 Å². The van der Waals surface area contributed by atoms with Crippen molar-refractivity contribution in [3.8, 4) is 6.07 Å². The zero-order valence-electron chi connectivity index (χ0n) is 21.8. The predicted octanol–water partition coefficient (Wildman–Crippen LogP) is 5.63. The highest BCUT2D eigenvalue weighted by Crippen LogP contribution is 2.49. The van der Waals surface area contributed by atoms with Gasteiger partial charge in [-0.15, -0.1) is 0 Å². The average molecular weight is 523 g/mol. The Kier molecular flexibility index (Phi) is 8.49. The van der Waals surface area contributed by atoms with Crippen LogP contribution in [-0.2, 0) is 11.3 Å². The molecule has 2 aliphatic carbocycles. The summed E-state index contributed by atoms with van der Waals surface area (Å²) in [4.78, 5) is 8.99. The molecule has 2 heterocycles. The molecule has 3 N–H and O–H groups in total. The number of hydrogen-bond acceptors (Lipinski definition) is 7. The van der Waals surface area contributed by atoms with Crippen molar-refractivity contribution in [3.05, 3.63) is 46.6 Å². The maximum absolute atomic E-state index is 9.66. The summed E-state index contributed by atoms with van der Waals surface area (Å²) in [6, 6.07) is 10.6. The zero-order valence-corrected chi connectivity index (χ0v) is 22.6. The summed E-state index contributed by atoms with van der Waals surface area (Å²) in [5, 5.41) is 21.2. The predicted molar refractivity (Wildman–Crippen MR) is 148 cm³/mol. The first-order chi connectivity index (χ1) is 18.0. The highest BCUT2D eigenvalue weighted by atomic mass is 35.5. The highest BCUT2D eigenvalue weighted by molar-refractivity contribution is 6.31. The van der Waals surface area contributed by atoms with E-state index in [0.29, 0.717) is 46.8 Å². The minimum atomic E-state index is 0.176. The molecule has 2 aromatic rings. The number of fused-ring (bicyclic) bond motifs is 2. The van der Waals surface area contributed by atoms with E-state index in [9.17, 15) is 5.26 Å². The first-order valence-electron chi connectivity index (χ1n) is 13.8. The number of rotatable bonds is 9. The molecule has 1 aromatic carbocycles. The van der Waals surface area contributed by atoms with Gasteiger partial charge in [0.15, 0.2) is 0 Å². The van der Waals surface area contributed by atoms with E-state index in [1.165, 1.54) is 44.9 Å². The number of anilines is 2. The van der Waals surface area contributed by atoms with Crippen molar-refractivity contribution >= 4 is 23.4 Å². The lowest BCUT2D eigenvalue weighted by Crippen LogP contribution is -2.54. The van der Waals surface area contributed by atoms with Gasteiger partial charge in [0, 0.05) is 37.4 Å². The molecule has 198 valence electrons. The van der Waals surface area contributed by atoms with Crippen molar-refractivity contribution in [2.45, 2.75) is 64.5 Å². The van der Waals surface area contributed by atoms with Gasteiger partial charge in [0.05, 0.1) is 6.20 Å². The molecule has 3 aliphatic rings. The van der Waals surface area contributed by atoms with Crippen LogP contribution in [0.1, 0.15) is 63.0 Å². The molecule has 1 aliphatic heterocycles. The number of aromatic nitrogens is 2. The van der Waals surface area contributed by atoms with Crippen molar-refractivity contribution in [2.24, 2.45) is 23.2 Å². The normalized spacial score (nSPS) is 27.9. The van der Waals surface area contributed by atoms with Crippen LogP contribution in [0.15, 0.2) is 30.5 Å². The summed E-state index contributed by atoms with van der Waals surface area (Å²) in [6.45, 7) is 6.70. The maximum atomic E-state index is 9.66. The van der Waals surface area contributed by atoms with E-state index in [0.717, 1.165) is 37.8 Å². The number of hydrogen-bond donors (Lipinski definition) is 3. The standard InChI is InChI=1S/C29H39ClN6O/c1-29(13-21-6-4-7-22(14-29)26(21)32-16-20-9-11-37-12-10-20)19-35-27-24(15-31)18-34-28(36-27)33-17-23-5-2-3-8-25(23)30/h2-3,5,8,18,20-22,26,32H,4,6-7,9-14,16-17,19H2,1H3,(H2,33,34,35,36)/t21-,22+,26-,29?. The largest absolute Gasteiger partial charge is 0.381 e. The number of halogens is 1. The topological polar surface area (TPSA) is 94.9 Å². The third-order valence-electron chi connectivity index (χ3n) is 8.65. The first kappa shape index (κ1) is 26.2. The summed E-state index contributed by atoms with van der Waals surface area (Å²) in [6.07, 6.45) is 10.3. The Balaban J connectivity index is 1.20. The van der Waals surface area contributed by atoms with E-state index < -0.39 is 0 Å².